The molecule has 3 heterocycles. The van der Waals surface area contributed by atoms with Crippen LogP contribution in [-0.4, -0.2) is 35.4 Å². The van der Waals surface area contributed by atoms with Crippen molar-refractivity contribution >= 4 is 21.8 Å². The lowest BCUT2D eigenvalue weighted by atomic mass is 10.1. The minimum absolute atomic E-state index is 0.103. The van der Waals surface area contributed by atoms with Crippen molar-refractivity contribution in [2.45, 2.75) is 38.1 Å². The van der Waals surface area contributed by atoms with E-state index in [9.17, 15) is 18.0 Å². The highest BCUT2D eigenvalue weighted by Crippen LogP contribution is 2.37. The van der Waals surface area contributed by atoms with Crippen molar-refractivity contribution in [2.24, 2.45) is 0 Å². The van der Waals surface area contributed by atoms with Gasteiger partial charge in [-0.15, -0.1) is 0 Å². The fraction of sp³-hybridized carbons (Fsp3) is 0.450. The summed E-state index contributed by atoms with van der Waals surface area (Å²) >= 11 is 0. The minimum atomic E-state index is -4.51. The van der Waals surface area contributed by atoms with Crippen molar-refractivity contribution < 1.29 is 17.9 Å². The largest absolute Gasteiger partial charge is 0.433 e. The first-order valence-electron chi connectivity index (χ1n) is 9.48. The Kier molecular flexibility index (Phi) is 5.16. The second kappa shape index (κ2) is 7.60. The zero-order valence-corrected chi connectivity index (χ0v) is 15.3. The molecule has 0 amide bonds. The van der Waals surface area contributed by atoms with Gasteiger partial charge in [0.2, 0.25) is 0 Å². The number of fused-ring (bicyclic) bond motifs is 3. The predicted molar refractivity (Wildman–Crippen MR) is 102 cm³/mol. The highest BCUT2D eigenvalue weighted by Gasteiger charge is 2.35. The van der Waals surface area contributed by atoms with Crippen LogP contribution in [0.2, 0.25) is 0 Å². The third-order valence-corrected chi connectivity index (χ3v) is 5.24. The van der Waals surface area contributed by atoms with Gasteiger partial charge in [-0.1, -0.05) is 0 Å². The van der Waals surface area contributed by atoms with E-state index in [1.807, 2.05) is 0 Å². The lowest BCUT2D eigenvalue weighted by molar-refractivity contribution is -0.140. The molecule has 0 bridgehead atoms. The molecule has 28 heavy (non-hydrogen) atoms. The number of aromatic nitrogens is 2. The van der Waals surface area contributed by atoms with Gasteiger partial charge in [0.05, 0.1) is 23.7 Å². The van der Waals surface area contributed by atoms with Gasteiger partial charge < -0.3 is 19.6 Å². The van der Waals surface area contributed by atoms with Gasteiger partial charge in [-0.3, -0.25) is 4.79 Å². The quantitative estimate of drug-likeness (QED) is 0.651. The normalized spacial score (nSPS) is 18.2. The van der Waals surface area contributed by atoms with Gasteiger partial charge in [0.25, 0.3) is 0 Å². The molecule has 0 aliphatic carbocycles. The Morgan fingerprint density at radius 3 is 2.79 bits per heavy atom. The van der Waals surface area contributed by atoms with Gasteiger partial charge in [0, 0.05) is 42.7 Å². The lowest BCUT2D eigenvalue weighted by Gasteiger charge is -2.23. The number of rotatable bonds is 5. The second-order valence-electron chi connectivity index (χ2n) is 7.14. The molecule has 1 aliphatic heterocycles. The number of pyridine rings is 1. The summed E-state index contributed by atoms with van der Waals surface area (Å²) in [5.74, 6) is 0. The average molecular weight is 393 g/mol. The molecule has 1 saturated heterocycles. The third kappa shape index (κ3) is 3.66. The van der Waals surface area contributed by atoms with Crippen LogP contribution in [0.4, 0.5) is 13.2 Å². The Balaban J connectivity index is 1.68. The van der Waals surface area contributed by atoms with Crippen LogP contribution in [0.25, 0.3) is 21.8 Å². The maximum absolute atomic E-state index is 13.6. The van der Waals surface area contributed by atoms with Gasteiger partial charge in [0.15, 0.2) is 5.43 Å². The Hall–Kier alpha value is -2.32. The van der Waals surface area contributed by atoms with Crippen molar-refractivity contribution in [1.82, 2.24) is 14.9 Å². The molecule has 1 fully saturated rings. The monoisotopic (exact) mass is 393 g/mol. The van der Waals surface area contributed by atoms with E-state index in [-0.39, 0.29) is 17.0 Å². The molecular weight excluding hydrogens is 371 g/mol. The van der Waals surface area contributed by atoms with Gasteiger partial charge >= 0.3 is 6.18 Å². The molecule has 4 rings (SSSR count). The number of benzene rings is 1. The predicted octanol–water partition coefficient (Wildman–Crippen LogP) is 3.66. The fourth-order valence-electron chi connectivity index (χ4n) is 3.97. The maximum atomic E-state index is 13.6. The molecule has 2 N–H and O–H groups in total. The lowest BCUT2D eigenvalue weighted by Crippen LogP contribution is -2.38. The van der Waals surface area contributed by atoms with Crippen molar-refractivity contribution in [2.75, 3.05) is 19.7 Å². The maximum Gasteiger partial charge on any atom is 0.433 e. The van der Waals surface area contributed by atoms with Crippen LogP contribution < -0.4 is 10.7 Å². The van der Waals surface area contributed by atoms with Crippen LogP contribution in [-0.2, 0) is 17.5 Å². The summed E-state index contributed by atoms with van der Waals surface area (Å²) in [6.07, 6.45) is -0.661. The standard InChI is InChI=1S/C20H22F3N3O2/c21-20(22,23)19-18-16(6-7-25-19)15-5-4-13(27)11-17(15)26(18)9-2-1-3-14-12-24-8-10-28-14/h4-7,11,14,24-25H,1-3,8-10,12H2. The second-order valence-corrected chi connectivity index (χ2v) is 7.14. The molecule has 0 saturated carbocycles. The molecular formula is C20H22F3N3O2. The molecule has 5 nitrogen and oxygen atoms in total. The van der Waals surface area contributed by atoms with E-state index < -0.39 is 11.9 Å². The zero-order valence-electron chi connectivity index (χ0n) is 15.3. The number of nitrogens with one attached hydrogen (secondary N) is 2. The van der Waals surface area contributed by atoms with Crippen LogP contribution in [0.3, 0.4) is 0 Å². The number of H-pyrrole nitrogens is 1. The van der Waals surface area contributed by atoms with Crippen LogP contribution in [0.5, 0.6) is 0 Å². The summed E-state index contributed by atoms with van der Waals surface area (Å²) in [5, 5.41) is 4.44. The smallest absolute Gasteiger partial charge is 0.376 e. The van der Waals surface area contributed by atoms with E-state index in [1.54, 1.807) is 16.7 Å². The van der Waals surface area contributed by atoms with Gasteiger partial charge in [-0.25, -0.2) is 0 Å². The molecule has 3 aromatic rings. The number of aryl methyl sites for hydroxylation is 1. The first-order valence-corrected chi connectivity index (χ1v) is 9.48. The average Bonchev–Trinajstić information content (AvgIpc) is 2.98. The van der Waals surface area contributed by atoms with Gasteiger partial charge in [-0.2, -0.15) is 13.2 Å². The number of unbranched alkanes of at least 4 members (excludes halogenated alkanes) is 1. The first-order chi connectivity index (χ1) is 13.4. The molecule has 0 radical (unpaired) electrons. The summed E-state index contributed by atoms with van der Waals surface area (Å²) in [5.41, 5.74) is -0.349. The Labute approximate surface area is 159 Å². The molecule has 0 spiro atoms. The number of hydrogen-bond donors (Lipinski definition) is 2. The number of aromatic amines is 1. The number of nitrogens with zero attached hydrogens (tertiary/aromatic N) is 1. The van der Waals surface area contributed by atoms with Crippen LogP contribution in [0.15, 0.2) is 35.3 Å². The molecule has 1 atom stereocenters. The highest BCUT2D eigenvalue weighted by molar-refractivity contribution is 6.08. The summed E-state index contributed by atoms with van der Waals surface area (Å²) in [7, 11) is 0. The molecule has 1 aliphatic rings. The van der Waals surface area contributed by atoms with E-state index in [4.69, 9.17) is 4.74 Å². The number of hydrogen-bond acceptors (Lipinski definition) is 3. The van der Waals surface area contributed by atoms with Crippen molar-refractivity contribution in [3.8, 4) is 0 Å². The van der Waals surface area contributed by atoms with Gasteiger partial charge in [0.1, 0.15) is 5.69 Å². The van der Waals surface area contributed by atoms with Crippen LogP contribution >= 0.6 is 0 Å². The zero-order chi connectivity index (χ0) is 19.7. The van der Waals surface area contributed by atoms with Gasteiger partial charge in [-0.05, 0) is 37.5 Å². The Bertz CT molecular complexity index is 1030. The Morgan fingerprint density at radius 1 is 1.18 bits per heavy atom. The number of morpholine rings is 1. The Morgan fingerprint density at radius 2 is 2.04 bits per heavy atom. The molecule has 1 unspecified atom stereocenters. The highest BCUT2D eigenvalue weighted by atomic mass is 19.4. The number of alkyl halides is 3. The van der Waals surface area contributed by atoms with Crippen molar-refractivity contribution in [1.29, 1.82) is 0 Å². The molecule has 8 heteroatoms. The van der Waals surface area contributed by atoms with Crippen molar-refractivity contribution in [3.63, 3.8) is 0 Å². The summed E-state index contributed by atoms with van der Waals surface area (Å²) in [6.45, 7) is 2.76. The number of halogens is 3. The van der Waals surface area contributed by atoms with Crippen LogP contribution in [0.1, 0.15) is 25.0 Å². The number of ether oxygens (including phenoxy) is 1. The summed E-state index contributed by atoms with van der Waals surface area (Å²) < 4.78 is 48.1. The summed E-state index contributed by atoms with van der Waals surface area (Å²) in [4.78, 5) is 14.2. The first kappa shape index (κ1) is 19.0. The SMILES string of the molecule is O=c1ccc2c3cc[nH]c(C(F)(F)F)c3n(CCCCC3CNCCO3)c2c1. The topological polar surface area (TPSA) is 59.0 Å². The third-order valence-electron chi connectivity index (χ3n) is 5.24. The van der Waals surface area contributed by atoms with E-state index >= 15 is 0 Å². The van der Waals surface area contributed by atoms with E-state index in [0.29, 0.717) is 35.9 Å². The van der Waals surface area contributed by atoms with Crippen LogP contribution in [0, 0.1) is 0 Å². The van der Waals surface area contributed by atoms with E-state index in [2.05, 4.69) is 10.3 Å². The molecule has 2 aromatic heterocycles. The molecule has 1 aromatic carbocycles. The van der Waals surface area contributed by atoms with E-state index in [0.717, 1.165) is 25.9 Å². The molecule has 150 valence electrons. The summed E-state index contributed by atoms with van der Waals surface area (Å²) in [6, 6.07) is 6.06. The van der Waals surface area contributed by atoms with E-state index in [1.165, 1.54) is 18.3 Å². The van der Waals surface area contributed by atoms with Crippen molar-refractivity contribution in [3.05, 3.63) is 46.4 Å². The fourth-order valence-corrected chi connectivity index (χ4v) is 3.97. The minimum Gasteiger partial charge on any atom is -0.376 e.